The van der Waals surface area contributed by atoms with Crippen molar-refractivity contribution in [3.05, 3.63) is 77.7 Å². The van der Waals surface area contributed by atoms with E-state index >= 15 is 0 Å². The standard InChI is InChI=1S/C24H20F3N5O2/c25-24(26,27)17-4-1-3-16(13-17)20-15-28-22-8-7-19(30-32(20)22)21(33)14-18-5-2-6-23(29-18)31-9-11-34-12-10-31/h1-8,13,15H,9-12,14H2. The summed E-state index contributed by atoms with van der Waals surface area (Å²) in [4.78, 5) is 23.9. The van der Waals surface area contributed by atoms with Crippen LogP contribution in [-0.4, -0.2) is 51.7 Å². The van der Waals surface area contributed by atoms with E-state index in [1.54, 1.807) is 24.3 Å². The number of carbonyl (C=O) groups is 1. The lowest BCUT2D eigenvalue weighted by atomic mass is 10.1. The van der Waals surface area contributed by atoms with Crippen molar-refractivity contribution < 1.29 is 22.7 Å². The number of Topliss-reactive ketones (excluding diaryl/α,β-unsaturated/α-hetero) is 1. The van der Waals surface area contributed by atoms with Crippen LogP contribution in [0.4, 0.5) is 19.0 Å². The number of carbonyl (C=O) groups excluding carboxylic acids is 1. The Morgan fingerprint density at radius 2 is 1.82 bits per heavy atom. The van der Waals surface area contributed by atoms with Crippen LogP contribution in [0.15, 0.2) is 60.8 Å². The molecule has 1 fully saturated rings. The van der Waals surface area contributed by atoms with Crippen molar-refractivity contribution >= 4 is 17.2 Å². The zero-order chi connectivity index (χ0) is 23.7. The van der Waals surface area contributed by atoms with Gasteiger partial charge in [-0.05, 0) is 36.4 Å². The van der Waals surface area contributed by atoms with Gasteiger partial charge in [-0.25, -0.2) is 14.5 Å². The summed E-state index contributed by atoms with van der Waals surface area (Å²) in [6.07, 6.45) is -2.97. The van der Waals surface area contributed by atoms with E-state index in [0.29, 0.717) is 35.8 Å². The maximum atomic E-state index is 13.1. The number of ether oxygens (including phenoxy) is 1. The van der Waals surface area contributed by atoms with Gasteiger partial charge < -0.3 is 9.64 Å². The lowest BCUT2D eigenvalue weighted by Crippen LogP contribution is -2.36. The Balaban J connectivity index is 1.41. The van der Waals surface area contributed by atoms with Gasteiger partial charge in [0.05, 0.1) is 42.8 Å². The number of pyridine rings is 1. The van der Waals surface area contributed by atoms with E-state index in [1.165, 1.54) is 16.8 Å². The summed E-state index contributed by atoms with van der Waals surface area (Å²) in [6, 6.07) is 13.7. The molecule has 1 aliphatic heterocycles. The van der Waals surface area contributed by atoms with Gasteiger partial charge in [-0.3, -0.25) is 4.79 Å². The molecule has 0 saturated carbocycles. The third kappa shape index (κ3) is 4.49. The van der Waals surface area contributed by atoms with Crippen LogP contribution in [0.1, 0.15) is 21.7 Å². The Bertz CT molecular complexity index is 1350. The van der Waals surface area contributed by atoms with Gasteiger partial charge >= 0.3 is 6.18 Å². The van der Waals surface area contributed by atoms with Crippen LogP contribution in [0.3, 0.4) is 0 Å². The molecule has 1 saturated heterocycles. The molecule has 7 nitrogen and oxygen atoms in total. The SMILES string of the molecule is O=C(Cc1cccc(N2CCOCC2)n1)c1ccc2ncc(-c3cccc(C(F)(F)F)c3)n2n1. The van der Waals surface area contributed by atoms with Crippen molar-refractivity contribution in [2.24, 2.45) is 0 Å². The number of imidazole rings is 1. The first-order valence-electron chi connectivity index (χ1n) is 10.7. The van der Waals surface area contributed by atoms with Crippen LogP contribution in [0, 0.1) is 0 Å². The highest BCUT2D eigenvalue weighted by molar-refractivity contribution is 5.95. The first kappa shape index (κ1) is 22.0. The lowest BCUT2D eigenvalue weighted by molar-refractivity contribution is -0.137. The maximum absolute atomic E-state index is 13.1. The van der Waals surface area contributed by atoms with Gasteiger partial charge in [0.25, 0.3) is 0 Å². The highest BCUT2D eigenvalue weighted by Crippen LogP contribution is 2.32. The van der Waals surface area contributed by atoms with Crippen molar-refractivity contribution in [2.45, 2.75) is 12.6 Å². The second-order valence-electron chi connectivity index (χ2n) is 7.90. The third-order valence-electron chi connectivity index (χ3n) is 5.60. The predicted molar refractivity (Wildman–Crippen MR) is 119 cm³/mol. The van der Waals surface area contributed by atoms with E-state index in [-0.39, 0.29) is 17.9 Å². The van der Waals surface area contributed by atoms with E-state index in [4.69, 9.17) is 4.74 Å². The average Bonchev–Trinajstić information content (AvgIpc) is 3.28. The van der Waals surface area contributed by atoms with E-state index in [1.807, 2.05) is 12.1 Å². The average molecular weight is 467 g/mol. The van der Waals surface area contributed by atoms with E-state index < -0.39 is 11.7 Å². The number of halogens is 3. The maximum Gasteiger partial charge on any atom is 0.416 e. The van der Waals surface area contributed by atoms with Crippen LogP contribution >= 0.6 is 0 Å². The van der Waals surface area contributed by atoms with Crippen molar-refractivity contribution in [3.8, 4) is 11.3 Å². The molecule has 0 atom stereocenters. The Morgan fingerprint density at radius 3 is 2.62 bits per heavy atom. The summed E-state index contributed by atoms with van der Waals surface area (Å²) >= 11 is 0. The molecular weight excluding hydrogens is 447 g/mol. The number of anilines is 1. The number of rotatable bonds is 5. The first-order valence-corrected chi connectivity index (χ1v) is 10.7. The Labute approximate surface area is 192 Å². The summed E-state index contributed by atoms with van der Waals surface area (Å²) in [5, 5.41) is 4.38. The molecule has 0 aliphatic carbocycles. The zero-order valence-corrected chi connectivity index (χ0v) is 18.0. The molecule has 0 N–H and O–H groups in total. The highest BCUT2D eigenvalue weighted by Gasteiger charge is 2.30. The van der Waals surface area contributed by atoms with Gasteiger partial charge in [0.2, 0.25) is 0 Å². The fourth-order valence-corrected chi connectivity index (χ4v) is 3.86. The van der Waals surface area contributed by atoms with Crippen molar-refractivity contribution in [2.75, 3.05) is 31.2 Å². The normalized spacial score (nSPS) is 14.5. The number of fused-ring (bicyclic) bond motifs is 1. The van der Waals surface area contributed by atoms with Gasteiger partial charge in [0.1, 0.15) is 11.5 Å². The monoisotopic (exact) mass is 467 g/mol. The molecule has 3 aromatic heterocycles. The molecule has 0 amide bonds. The minimum atomic E-state index is -4.46. The fourth-order valence-electron chi connectivity index (χ4n) is 3.86. The molecule has 1 aromatic carbocycles. The largest absolute Gasteiger partial charge is 0.416 e. The molecule has 10 heteroatoms. The number of aromatic nitrogens is 4. The summed E-state index contributed by atoms with van der Waals surface area (Å²) in [6.45, 7) is 2.74. The van der Waals surface area contributed by atoms with Crippen LogP contribution < -0.4 is 4.90 Å². The zero-order valence-electron chi connectivity index (χ0n) is 18.0. The minimum Gasteiger partial charge on any atom is -0.378 e. The molecule has 4 aromatic rings. The summed E-state index contributed by atoms with van der Waals surface area (Å²) < 4.78 is 46.2. The number of alkyl halides is 3. The third-order valence-corrected chi connectivity index (χ3v) is 5.60. The number of ketones is 1. The second kappa shape index (κ2) is 8.86. The van der Waals surface area contributed by atoms with Gasteiger partial charge in [-0.15, -0.1) is 0 Å². The number of nitrogens with zero attached hydrogens (tertiary/aromatic N) is 5. The first-order chi connectivity index (χ1) is 16.4. The Hall–Kier alpha value is -3.79. The fraction of sp³-hybridized carbons (Fsp3) is 0.250. The van der Waals surface area contributed by atoms with Gasteiger partial charge in [-0.2, -0.15) is 18.3 Å². The van der Waals surface area contributed by atoms with E-state index in [9.17, 15) is 18.0 Å². The van der Waals surface area contributed by atoms with Crippen LogP contribution in [0.25, 0.3) is 16.9 Å². The molecule has 0 radical (unpaired) electrons. The van der Waals surface area contributed by atoms with Crippen LogP contribution in [0.2, 0.25) is 0 Å². The van der Waals surface area contributed by atoms with Gasteiger partial charge in [0, 0.05) is 18.7 Å². The van der Waals surface area contributed by atoms with Gasteiger partial charge in [0.15, 0.2) is 11.4 Å². The summed E-state index contributed by atoms with van der Waals surface area (Å²) in [7, 11) is 0. The molecule has 34 heavy (non-hydrogen) atoms. The van der Waals surface area contributed by atoms with Crippen molar-refractivity contribution in [3.63, 3.8) is 0 Å². The molecule has 0 unspecified atom stereocenters. The smallest absolute Gasteiger partial charge is 0.378 e. The highest BCUT2D eigenvalue weighted by atomic mass is 19.4. The molecule has 0 bridgehead atoms. The molecule has 1 aliphatic rings. The van der Waals surface area contributed by atoms with E-state index in [0.717, 1.165) is 31.0 Å². The number of benzene rings is 1. The molecule has 0 spiro atoms. The molecular formula is C24H20F3N5O2. The molecule has 174 valence electrons. The minimum absolute atomic E-state index is 0.0459. The van der Waals surface area contributed by atoms with Gasteiger partial charge in [-0.1, -0.05) is 18.2 Å². The van der Waals surface area contributed by atoms with E-state index in [2.05, 4.69) is 20.0 Å². The van der Waals surface area contributed by atoms with Crippen LogP contribution in [-0.2, 0) is 17.3 Å². The van der Waals surface area contributed by atoms with Crippen molar-refractivity contribution in [1.82, 2.24) is 19.6 Å². The Morgan fingerprint density at radius 1 is 1.03 bits per heavy atom. The predicted octanol–water partition coefficient (Wildman–Crippen LogP) is 4.07. The lowest BCUT2D eigenvalue weighted by Gasteiger charge is -2.28. The topological polar surface area (TPSA) is 72.6 Å². The number of hydrogen-bond donors (Lipinski definition) is 0. The molecule has 4 heterocycles. The molecule has 5 rings (SSSR count). The second-order valence-corrected chi connectivity index (χ2v) is 7.90. The van der Waals surface area contributed by atoms with Crippen LogP contribution in [0.5, 0.6) is 0 Å². The number of hydrogen-bond acceptors (Lipinski definition) is 6. The summed E-state index contributed by atoms with van der Waals surface area (Å²) in [5.41, 5.74) is 1.12. The quantitative estimate of drug-likeness (QED) is 0.412. The van der Waals surface area contributed by atoms with Crippen molar-refractivity contribution in [1.29, 1.82) is 0 Å². The number of morpholine rings is 1. The Kier molecular flexibility index (Phi) is 5.74. The summed E-state index contributed by atoms with van der Waals surface area (Å²) in [5.74, 6) is 0.538.